The first-order valence-corrected chi connectivity index (χ1v) is 8.63. The first kappa shape index (κ1) is 15.3. The minimum Gasteiger partial charge on any atom is -0.370 e. The zero-order valence-corrected chi connectivity index (χ0v) is 14.5. The zero-order chi connectivity index (χ0) is 15.7. The fraction of sp³-hybridized carbons (Fsp3) is 0.294. The van der Waals surface area contributed by atoms with Gasteiger partial charge >= 0.3 is 0 Å². The van der Waals surface area contributed by atoms with Crippen molar-refractivity contribution in [1.29, 1.82) is 0 Å². The summed E-state index contributed by atoms with van der Waals surface area (Å²) in [6.07, 6.45) is 1.05. The van der Waals surface area contributed by atoms with E-state index in [1.165, 1.54) is 21.6 Å². The molecule has 2 heterocycles. The Morgan fingerprint density at radius 3 is 2.50 bits per heavy atom. The lowest BCUT2D eigenvalue weighted by Gasteiger charge is -2.08. The topological polar surface area (TPSA) is 37.8 Å². The van der Waals surface area contributed by atoms with Crippen LogP contribution in [-0.2, 0) is 6.42 Å². The van der Waals surface area contributed by atoms with E-state index >= 15 is 0 Å². The molecule has 5 heteroatoms. The first-order chi connectivity index (χ1) is 10.6. The highest BCUT2D eigenvalue weighted by molar-refractivity contribution is 7.19. The number of rotatable bonds is 4. The van der Waals surface area contributed by atoms with Crippen LogP contribution in [0.4, 0.5) is 5.82 Å². The number of aromatic nitrogens is 2. The highest BCUT2D eigenvalue weighted by Crippen LogP contribution is 2.41. The largest absolute Gasteiger partial charge is 0.370 e. The molecule has 1 aromatic carbocycles. The van der Waals surface area contributed by atoms with E-state index in [9.17, 15) is 0 Å². The number of nitrogens with zero attached hydrogens (tertiary/aromatic N) is 2. The molecule has 3 rings (SSSR count). The predicted octanol–water partition coefficient (Wildman–Crippen LogP) is 5.31. The molecule has 0 atom stereocenters. The quantitative estimate of drug-likeness (QED) is 0.658. The van der Waals surface area contributed by atoms with Crippen LogP contribution in [0.25, 0.3) is 21.3 Å². The molecule has 114 valence electrons. The van der Waals surface area contributed by atoms with Crippen molar-refractivity contribution in [2.75, 3.05) is 11.9 Å². The van der Waals surface area contributed by atoms with Gasteiger partial charge in [-0.25, -0.2) is 9.97 Å². The Morgan fingerprint density at radius 1 is 1.14 bits per heavy atom. The third kappa shape index (κ3) is 2.69. The molecule has 0 radical (unpaired) electrons. The van der Waals surface area contributed by atoms with Crippen molar-refractivity contribution < 1.29 is 0 Å². The molecule has 0 aliphatic heterocycles. The summed E-state index contributed by atoms with van der Waals surface area (Å²) in [5.41, 5.74) is 3.74. The fourth-order valence-corrected chi connectivity index (χ4v) is 3.90. The van der Waals surface area contributed by atoms with Crippen LogP contribution in [0.1, 0.15) is 24.3 Å². The van der Waals surface area contributed by atoms with Crippen LogP contribution < -0.4 is 5.32 Å². The lowest BCUT2D eigenvalue weighted by Crippen LogP contribution is -2.01. The summed E-state index contributed by atoms with van der Waals surface area (Å²) in [5, 5.41) is 4.67. The second-order valence-corrected chi connectivity index (χ2v) is 6.68. The Bertz CT molecular complexity index is 809. The normalized spacial score (nSPS) is 11.1. The number of halogens is 1. The summed E-state index contributed by atoms with van der Waals surface area (Å²) in [6.45, 7) is 7.14. The molecule has 0 bridgehead atoms. The average Bonchev–Trinajstić information content (AvgIpc) is 2.83. The minimum absolute atomic E-state index is 0.289. The molecular weight excluding hydrogens is 314 g/mol. The van der Waals surface area contributed by atoms with E-state index < -0.39 is 0 Å². The molecule has 0 saturated heterocycles. The molecule has 2 aromatic heterocycles. The van der Waals surface area contributed by atoms with Gasteiger partial charge in [-0.2, -0.15) is 0 Å². The first-order valence-electron chi connectivity index (χ1n) is 7.43. The molecule has 0 aliphatic rings. The molecule has 1 N–H and O–H groups in total. The Balaban J connectivity index is 2.25. The van der Waals surface area contributed by atoms with E-state index in [4.69, 9.17) is 11.6 Å². The van der Waals surface area contributed by atoms with Crippen molar-refractivity contribution >= 4 is 39.0 Å². The molecular formula is C17H18ClN3S. The van der Waals surface area contributed by atoms with Gasteiger partial charge in [0.05, 0.1) is 5.39 Å². The van der Waals surface area contributed by atoms with E-state index in [2.05, 4.69) is 60.3 Å². The highest BCUT2D eigenvalue weighted by Gasteiger charge is 2.17. The fourth-order valence-electron chi connectivity index (χ4n) is 2.64. The Morgan fingerprint density at radius 2 is 1.86 bits per heavy atom. The number of anilines is 1. The third-order valence-electron chi connectivity index (χ3n) is 3.70. The van der Waals surface area contributed by atoms with Gasteiger partial charge in [0.2, 0.25) is 5.28 Å². The third-order valence-corrected chi connectivity index (χ3v) is 4.86. The second-order valence-electron chi connectivity index (χ2n) is 5.14. The van der Waals surface area contributed by atoms with Crippen molar-refractivity contribution in [1.82, 2.24) is 9.97 Å². The van der Waals surface area contributed by atoms with E-state index in [-0.39, 0.29) is 5.28 Å². The van der Waals surface area contributed by atoms with Crippen molar-refractivity contribution in [2.45, 2.75) is 27.2 Å². The standard InChI is InChI=1S/C17H18ClN3S/c1-4-11-6-8-12(9-7-11)13-10(3)22-16-14(13)15(19-5-2)20-17(18)21-16/h6-9H,4-5H2,1-3H3,(H,19,20,21). The number of hydrogen-bond donors (Lipinski definition) is 1. The summed E-state index contributed by atoms with van der Waals surface area (Å²) in [4.78, 5) is 10.9. The average molecular weight is 332 g/mol. The molecule has 3 nitrogen and oxygen atoms in total. The maximum Gasteiger partial charge on any atom is 0.225 e. The van der Waals surface area contributed by atoms with E-state index in [0.717, 1.165) is 29.0 Å². The van der Waals surface area contributed by atoms with Crippen molar-refractivity contribution in [3.63, 3.8) is 0 Å². The van der Waals surface area contributed by atoms with Crippen molar-refractivity contribution in [3.8, 4) is 11.1 Å². The number of aryl methyl sites for hydroxylation is 2. The van der Waals surface area contributed by atoms with Gasteiger partial charge in [0, 0.05) is 17.0 Å². The zero-order valence-electron chi connectivity index (χ0n) is 12.9. The van der Waals surface area contributed by atoms with Gasteiger partial charge in [0.1, 0.15) is 10.6 Å². The summed E-state index contributed by atoms with van der Waals surface area (Å²) in [6, 6.07) is 8.72. The molecule has 0 saturated carbocycles. The number of hydrogen-bond acceptors (Lipinski definition) is 4. The molecule has 0 aliphatic carbocycles. The molecule has 0 amide bonds. The maximum absolute atomic E-state index is 6.05. The molecule has 3 aromatic rings. The summed E-state index contributed by atoms with van der Waals surface area (Å²) < 4.78 is 0. The Labute approximate surface area is 139 Å². The van der Waals surface area contributed by atoms with Crippen LogP contribution in [0, 0.1) is 6.92 Å². The SMILES string of the molecule is CCNc1nc(Cl)nc2sc(C)c(-c3ccc(CC)cc3)c12. The minimum atomic E-state index is 0.289. The summed E-state index contributed by atoms with van der Waals surface area (Å²) in [5.74, 6) is 0.816. The van der Waals surface area contributed by atoms with Gasteiger partial charge in [-0.1, -0.05) is 31.2 Å². The molecule has 0 fully saturated rings. The van der Waals surface area contributed by atoms with Gasteiger partial charge in [0.25, 0.3) is 0 Å². The van der Waals surface area contributed by atoms with Crippen LogP contribution in [0.15, 0.2) is 24.3 Å². The Kier molecular flexibility index (Phi) is 4.32. The number of fused-ring (bicyclic) bond motifs is 1. The number of benzene rings is 1. The van der Waals surface area contributed by atoms with Crippen molar-refractivity contribution in [2.24, 2.45) is 0 Å². The predicted molar refractivity (Wildman–Crippen MR) is 96.1 cm³/mol. The van der Waals surface area contributed by atoms with Crippen LogP contribution in [0.3, 0.4) is 0 Å². The summed E-state index contributed by atoms with van der Waals surface area (Å²) >= 11 is 7.71. The lowest BCUT2D eigenvalue weighted by molar-refractivity contribution is 1.14. The van der Waals surface area contributed by atoms with Gasteiger partial charge in [-0.05, 0) is 43.0 Å². The lowest BCUT2D eigenvalue weighted by atomic mass is 10.0. The monoisotopic (exact) mass is 331 g/mol. The van der Waals surface area contributed by atoms with Crippen LogP contribution in [-0.4, -0.2) is 16.5 Å². The van der Waals surface area contributed by atoms with Crippen LogP contribution >= 0.6 is 22.9 Å². The van der Waals surface area contributed by atoms with E-state index in [1.807, 2.05) is 0 Å². The number of thiophene rings is 1. The van der Waals surface area contributed by atoms with Gasteiger partial charge in [-0.15, -0.1) is 11.3 Å². The maximum atomic E-state index is 6.05. The summed E-state index contributed by atoms with van der Waals surface area (Å²) in [7, 11) is 0. The van der Waals surface area contributed by atoms with E-state index in [1.54, 1.807) is 11.3 Å². The molecule has 0 unspecified atom stereocenters. The van der Waals surface area contributed by atoms with Crippen LogP contribution in [0.5, 0.6) is 0 Å². The van der Waals surface area contributed by atoms with Gasteiger partial charge in [0.15, 0.2) is 0 Å². The van der Waals surface area contributed by atoms with Crippen LogP contribution in [0.2, 0.25) is 5.28 Å². The highest BCUT2D eigenvalue weighted by atomic mass is 35.5. The van der Waals surface area contributed by atoms with E-state index in [0.29, 0.717) is 0 Å². The second kappa shape index (κ2) is 6.23. The Hall–Kier alpha value is -1.65. The van der Waals surface area contributed by atoms with Gasteiger partial charge in [-0.3, -0.25) is 0 Å². The smallest absolute Gasteiger partial charge is 0.225 e. The van der Waals surface area contributed by atoms with Gasteiger partial charge < -0.3 is 5.32 Å². The number of nitrogens with one attached hydrogen (secondary N) is 1. The molecule has 22 heavy (non-hydrogen) atoms. The molecule has 0 spiro atoms. The van der Waals surface area contributed by atoms with Crippen molar-refractivity contribution in [3.05, 3.63) is 40.0 Å².